The zero-order valence-electron chi connectivity index (χ0n) is 20.5. The van der Waals surface area contributed by atoms with Crippen LogP contribution in [0.25, 0.3) is 10.8 Å². The molecule has 1 amide bonds. The smallest absolute Gasteiger partial charge is 0.328 e. The molecule has 4 rings (SSSR count). The predicted molar refractivity (Wildman–Crippen MR) is 135 cm³/mol. The summed E-state index contributed by atoms with van der Waals surface area (Å²) in [5.74, 6) is -1.19. The van der Waals surface area contributed by atoms with Crippen LogP contribution in [-0.2, 0) is 30.8 Å². The van der Waals surface area contributed by atoms with Crippen LogP contribution in [0.5, 0.6) is 0 Å². The molecular weight excluding hydrogens is 503 g/mol. The molecule has 3 N–H and O–H groups in total. The van der Waals surface area contributed by atoms with E-state index in [0.29, 0.717) is 11.2 Å². The third kappa shape index (κ3) is 5.18. The first-order valence-corrected chi connectivity index (χ1v) is 12.9. The van der Waals surface area contributed by atoms with Crippen molar-refractivity contribution in [1.82, 2.24) is 19.6 Å². The molecule has 11 nitrogen and oxygen atoms in total. The lowest BCUT2D eigenvalue weighted by Crippen LogP contribution is -2.48. The van der Waals surface area contributed by atoms with E-state index < -0.39 is 39.8 Å². The van der Waals surface area contributed by atoms with E-state index in [9.17, 15) is 18.0 Å². The van der Waals surface area contributed by atoms with Crippen LogP contribution in [0.15, 0.2) is 47.6 Å². The molecule has 0 unspecified atom stereocenters. The number of hydrogen-bond donors (Lipinski definition) is 2. The fourth-order valence-electron chi connectivity index (χ4n) is 4.28. The average molecular weight is 531 g/mol. The minimum absolute atomic E-state index is 0.0790. The molecule has 0 bridgehead atoms. The molecule has 1 aliphatic rings. The number of nitrogens with one attached hydrogen (secondary N) is 1. The highest BCUT2D eigenvalue weighted by molar-refractivity contribution is 7.89. The van der Waals surface area contributed by atoms with Crippen LogP contribution in [-0.4, -0.2) is 75.0 Å². The quantitative estimate of drug-likeness (QED) is 0.408. The minimum Gasteiger partial charge on any atom is -0.467 e. The summed E-state index contributed by atoms with van der Waals surface area (Å²) in [6.45, 7) is 0.0790. The van der Waals surface area contributed by atoms with E-state index in [0.717, 1.165) is 0 Å². The number of likely N-dealkylation sites (tertiary alicyclic amines) is 1. The summed E-state index contributed by atoms with van der Waals surface area (Å²) in [5.41, 5.74) is 6.00. The summed E-state index contributed by atoms with van der Waals surface area (Å²) >= 11 is 0. The van der Waals surface area contributed by atoms with Gasteiger partial charge in [0.2, 0.25) is 15.9 Å². The number of fused-ring (bicyclic) bond motifs is 1. The number of amides is 1. The van der Waals surface area contributed by atoms with Gasteiger partial charge in [0.25, 0.3) is 0 Å². The molecule has 0 saturated carbocycles. The van der Waals surface area contributed by atoms with Crippen molar-refractivity contribution < 1.29 is 27.1 Å². The number of anilines is 2. The van der Waals surface area contributed by atoms with Gasteiger partial charge in [0.05, 0.1) is 7.11 Å². The van der Waals surface area contributed by atoms with Crippen molar-refractivity contribution in [3.63, 3.8) is 0 Å². The van der Waals surface area contributed by atoms with E-state index >= 15 is 4.39 Å². The molecule has 0 aliphatic carbocycles. The fourth-order valence-corrected chi connectivity index (χ4v) is 5.45. The molecule has 2 atom stereocenters. The number of ether oxygens (including phenoxy) is 1. The van der Waals surface area contributed by atoms with Gasteiger partial charge < -0.3 is 20.3 Å². The molecule has 2 aromatic heterocycles. The van der Waals surface area contributed by atoms with Crippen LogP contribution in [0.2, 0.25) is 0 Å². The maximum atomic E-state index is 15.3. The molecule has 3 aromatic rings. The van der Waals surface area contributed by atoms with Crippen LogP contribution in [0.1, 0.15) is 12.0 Å². The van der Waals surface area contributed by atoms with Gasteiger partial charge in [0.15, 0.2) is 0 Å². The van der Waals surface area contributed by atoms with Gasteiger partial charge in [-0.05, 0) is 30.2 Å². The second kappa shape index (κ2) is 10.3. The maximum Gasteiger partial charge on any atom is 0.328 e. The Bertz CT molecular complexity index is 1450. The SMILES string of the molecule is COC(=O)[C@@H](Cc1ccc2c(N)nccc2c1F)N1CC[C@H](NS(=O)(=O)c2ccc(N(C)C)nc2)C1=O. The van der Waals surface area contributed by atoms with Gasteiger partial charge in [-0.1, -0.05) is 12.1 Å². The molecule has 3 heterocycles. The van der Waals surface area contributed by atoms with Crippen molar-refractivity contribution in [2.45, 2.75) is 29.8 Å². The number of benzene rings is 1. The second-order valence-corrected chi connectivity index (χ2v) is 10.5. The highest BCUT2D eigenvalue weighted by atomic mass is 32.2. The van der Waals surface area contributed by atoms with Gasteiger partial charge in [-0.2, -0.15) is 4.72 Å². The molecule has 0 radical (unpaired) electrons. The van der Waals surface area contributed by atoms with Crippen LogP contribution in [0, 0.1) is 5.82 Å². The standard InChI is InChI=1S/C24H27FN6O5S/c1-30(2)20-7-5-15(13-28-20)37(34,35)29-18-9-11-31(23(18)32)19(24(33)36-3)12-14-4-6-17-16(21(14)25)8-10-27-22(17)26/h4-8,10,13,18-19,29H,9,11-12H2,1-3H3,(H2,26,27)/t18-,19+/m0/s1. The number of carbonyl (C=O) groups is 2. The van der Waals surface area contributed by atoms with Crippen molar-refractivity contribution in [2.75, 3.05) is 38.4 Å². The number of hydrogen-bond acceptors (Lipinski definition) is 9. The fraction of sp³-hybridized carbons (Fsp3) is 0.333. The summed E-state index contributed by atoms with van der Waals surface area (Å²) < 4.78 is 48.3. The first-order chi connectivity index (χ1) is 17.5. The normalized spacial score (nSPS) is 16.7. The summed E-state index contributed by atoms with van der Waals surface area (Å²) in [5, 5.41) is 0.666. The van der Waals surface area contributed by atoms with Gasteiger partial charge in [-0.3, -0.25) is 4.79 Å². The molecule has 1 aromatic carbocycles. The Morgan fingerprint density at radius 2 is 2.00 bits per heavy atom. The average Bonchev–Trinajstić information content (AvgIpc) is 3.22. The summed E-state index contributed by atoms with van der Waals surface area (Å²) in [6, 6.07) is 5.25. The van der Waals surface area contributed by atoms with Crippen molar-refractivity contribution in [3.8, 4) is 0 Å². The van der Waals surface area contributed by atoms with Crippen LogP contribution < -0.4 is 15.4 Å². The van der Waals surface area contributed by atoms with E-state index in [-0.39, 0.29) is 41.0 Å². The third-order valence-electron chi connectivity index (χ3n) is 6.28. The van der Waals surface area contributed by atoms with E-state index in [1.165, 1.54) is 42.6 Å². The van der Waals surface area contributed by atoms with Crippen molar-refractivity contribution in [1.29, 1.82) is 0 Å². The van der Waals surface area contributed by atoms with E-state index in [4.69, 9.17) is 10.5 Å². The predicted octanol–water partition coefficient (Wildman–Crippen LogP) is 1.08. The maximum absolute atomic E-state index is 15.3. The Morgan fingerprint density at radius 1 is 1.24 bits per heavy atom. The molecule has 1 aliphatic heterocycles. The van der Waals surface area contributed by atoms with Crippen LogP contribution in [0.3, 0.4) is 0 Å². The number of pyridine rings is 2. The lowest BCUT2D eigenvalue weighted by molar-refractivity contribution is -0.151. The minimum atomic E-state index is -4.06. The molecule has 37 heavy (non-hydrogen) atoms. The number of nitrogen functional groups attached to an aromatic ring is 1. The van der Waals surface area contributed by atoms with Crippen molar-refractivity contribution >= 4 is 44.3 Å². The highest BCUT2D eigenvalue weighted by Crippen LogP contribution is 2.27. The van der Waals surface area contributed by atoms with E-state index in [1.54, 1.807) is 31.1 Å². The molecule has 1 saturated heterocycles. The van der Waals surface area contributed by atoms with Gasteiger partial charge in [0, 0.05) is 50.2 Å². The number of carbonyl (C=O) groups excluding carboxylic acids is 2. The Kier molecular flexibility index (Phi) is 7.28. The van der Waals surface area contributed by atoms with Crippen molar-refractivity contribution in [2.24, 2.45) is 0 Å². The molecule has 1 fully saturated rings. The zero-order chi connectivity index (χ0) is 26.9. The largest absolute Gasteiger partial charge is 0.467 e. The Labute approximate surface area is 213 Å². The monoisotopic (exact) mass is 530 g/mol. The number of methoxy groups -OCH3 is 1. The van der Waals surface area contributed by atoms with Crippen molar-refractivity contribution in [3.05, 3.63) is 54.1 Å². The number of nitrogens with zero attached hydrogens (tertiary/aromatic N) is 4. The number of nitrogens with two attached hydrogens (primary N) is 1. The first-order valence-electron chi connectivity index (χ1n) is 11.4. The highest BCUT2D eigenvalue weighted by Gasteiger charge is 2.41. The Balaban J connectivity index is 1.55. The number of aromatic nitrogens is 2. The number of sulfonamides is 1. The lowest BCUT2D eigenvalue weighted by Gasteiger charge is -2.26. The summed E-state index contributed by atoms with van der Waals surface area (Å²) in [6.07, 6.45) is 2.54. The number of rotatable bonds is 8. The molecule has 196 valence electrons. The topological polar surface area (TPSA) is 148 Å². The molecule has 13 heteroatoms. The number of esters is 1. The second-order valence-electron chi connectivity index (χ2n) is 8.81. The summed E-state index contributed by atoms with van der Waals surface area (Å²) in [4.78, 5) is 36.8. The molecular formula is C24H27FN6O5S. The van der Waals surface area contributed by atoms with Gasteiger partial charge in [-0.25, -0.2) is 27.6 Å². The third-order valence-corrected chi connectivity index (χ3v) is 7.74. The van der Waals surface area contributed by atoms with Gasteiger partial charge in [-0.15, -0.1) is 0 Å². The van der Waals surface area contributed by atoms with Gasteiger partial charge >= 0.3 is 5.97 Å². The van der Waals surface area contributed by atoms with Crippen LogP contribution in [0.4, 0.5) is 16.0 Å². The first kappa shape index (κ1) is 26.2. The van der Waals surface area contributed by atoms with Crippen LogP contribution >= 0.6 is 0 Å². The Hall–Kier alpha value is -3.84. The van der Waals surface area contributed by atoms with E-state index in [2.05, 4.69) is 14.7 Å². The Morgan fingerprint density at radius 3 is 2.65 bits per heavy atom. The number of halogens is 1. The van der Waals surface area contributed by atoms with E-state index in [1.807, 2.05) is 0 Å². The zero-order valence-corrected chi connectivity index (χ0v) is 21.3. The van der Waals surface area contributed by atoms with Gasteiger partial charge in [0.1, 0.15) is 34.4 Å². The summed E-state index contributed by atoms with van der Waals surface area (Å²) in [7, 11) is 0.655. The molecule has 0 spiro atoms. The lowest BCUT2D eigenvalue weighted by atomic mass is 10.0.